The second-order valence-electron chi connectivity index (χ2n) is 5.12. The molecule has 0 radical (unpaired) electrons. The van der Waals surface area contributed by atoms with Crippen LogP contribution in [-0.4, -0.2) is 27.6 Å². The minimum Gasteiger partial charge on any atom is -0.508 e. The van der Waals surface area contributed by atoms with Crippen molar-refractivity contribution >= 4 is 50.5 Å². The molecule has 0 saturated carbocycles. The van der Waals surface area contributed by atoms with E-state index in [2.05, 4.69) is 20.9 Å². The molecule has 122 valence electrons. The van der Waals surface area contributed by atoms with Crippen LogP contribution in [0.5, 0.6) is 5.75 Å². The van der Waals surface area contributed by atoms with E-state index >= 15 is 0 Å². The molecule has 1 N–H and O–H groups in total. The first kappa shape index (κ1) is 16.8. The highest BCUT2D eigenvalue weighted by Crippen LogP contribution is 2.34. The van der Waals surface area contributed by atoms with Crippen LogP contribution in [0.2, 0.25) is 0 Å². The van der Waals surface area contributed by atoms with Crippen molar-refractivity contribution in [3.05, 3.63) is 63.5 Å². The van der Waals surface area contributed by atoms with Crippen molar-refractivity contribution in [3.8, 4) is 5.75 Å². The van der Waals surface area contributed by atoms with Gasteiger partial charge in [-0.3, -0.25) is 9.69 Å². The van der Waals surface area contributed by atoms with Gasteiger partial charge >= 0.3 is 0 Å². The van der Waals surface area contributed by atoms with Gasteiger partial charge in [-0.05, 0) is 66.7 Å². The van der Waals surface area contributed by atoms with Gasteiger partial charge in [0.2, 0.25) is 0 Å². The molecule has 0 aromatic heterocycles. The van der Waals surface area contributed by atoms with Crippen molar-refractivity contribution in [1.82, 2.24) is 4.90 Å². The Morgan fingerprint density at radius 2 is 1.83 bits per heavy atom. The summed E-state index contributed by atoms with van der Waals surface area (Å²) >= 11 is 4.77. The second-order valence-corrected chi connectivity index (χ2v) is 7.05. The smallest absolute Gasteiger partial charge is 0.266 e. The molecule has 2 aromatic carbocycles. The lowest BCUT2D eigenvalue weighted by Gasteiger charge is -2.11. The fourth-order valence-electron chi connectivity index (χ4n) is 2.22. The Hall–Kier alpha value is -2.05. The van der Waals surface area contributed by atoms with Gasteiger partial charge in [0.05, 0.1) is 10.6 Å². The Balaban J connectivity index is 1.91. The molecule has 3 rings (SSSR count). The van der Waals surface area contributed by atoms with Crippen molar-refractivity contribution in [2.24, 2.45) is 4.99 Å². The second kappa shape index (κ2) is 7.23. The summed E-state index contributed by atoms with van der Waals surface area (Å²) in [5, 5.41) is 10.0. The normalized spacial score (nSPS) is 17.9. The highest BCUT2D eigenvalue weighted by atomic mass is 79.9. The predicted molar refractivity (Wildman–Crippen MR) is 102 cm³/mol. The average molecular weight is 403 g/mol. The summed E-state index contributed by atoms with van der Waals surface area (Å²) in [4.78, 5) is 19.4. The number of aliphatic imine (C=N–C) groups is 1. The maximum absolute atomic E-state index is 12.6. The van der Waals surface area contributed by atoms with Gasteiger partial charge in [-0.2, -0.15) is 0 Å². The number of hydrogen-bond acceptors (Lipinski definition) is 4. The van der Waals surface area contributed by atoms with Gasteiger partial charge in [-0.15, -0.1) is 0 Å². The molecule has 0 aliphatic carbocycles. The lowest BCUT2D eigenvalue weighted by atomic mass is 10.2. The summed E-state index contributed by atoms with van der Waals surface area (Å²) < 4.78 is 1.000. The summed E-state index contributed by atoms with van der Waals surface area (Å²) in [5.74, 6) is 0.153. The van der Waals surface area contributed by atoms with Gasteiger partial charge in [-0.1, -0.05) is 28.1 Å². The number of phenolic OH excluding ortho intramolecular Hbond substituents is 1. The van der Waals surface area contributed by atoms with E-state index in [4.69, 9.17) is 0 Å². The third-order valence-electron chi connectivity index (χ3n) is 3.45. The largest absolute Gasteiger partial charge is 0.508 e. The third-order valence-corrected chi connectivity index (χ3v) is 4.98. The quantitative estimate of drug-likeness (QED) is 0.751. The van der Waals surface area contributed by atoms with Gasteiger partial charge in [-0.25, -0.2) is 4.99 Å². The van der Waals surface area contributed by atoms with Crippen LogP contribution < -0.4 is 0 Å². The summed E-state index contributed by atoms with van der Waals surface area (Å²) in [7, 11) is 0. The molecule has 0 spiro atoms. The topological polar surface area (TPSA) is 52.9 Å². The number of amidine groups is 1. The zero-order valence-electron chi connectivity index (χ0n) is 12.9. The van der Waals surface area contributed by atoms with E-state index in [0.717, 1.165) is 10.0 Å². The molecule has 1 saturated heterocycles. The van der Waals surface area contributed by atoms with E-state index in [1.54, 1.807) is 29.2 Å². The summed E-state index contributed by atoms with van der Waals surface area (Å²) in [6.45, 7) is 2.48. The average Bonchev–Trinajstić information content (AvgIpc) is 2.86. The van der Waals surface area contributed by atoms with Gasteiger partial charge in [0.25, 0.3) is 5.91 Å². The Morgan fingerprint density at radius 3 is 2.46 bits per heavy atom. The number of aromatic hydroxyl groups is 1. The van der Waals surface area contributed by atoms with Gasteiger partial charge in [0, 0.05) is 11.0 Å². The Labute approximate surface area is 153 Å². The monoisotopic (exact) mass is 402 g/mol. The number of rotatable bonds is 3. The number of nitrogens with zero attached hydrogens (tertiary/aromatic N) is 2. The Morgan fingerprint density at radius 1 is 1.17 bits per heavy atom. The molecule has 6 heteroatoms. The highest BCUT2D eigenvalue weighted by Gasteiger charge is 2.32. The molecular formula is C18H15BrN2O2S. The van der Waals surface area contributed by atoms with Crippen molar-refractivity contribution in [3.63, 3.8) is 0 Å². The Bertz CT molecular complexity index is 814. The predicted octanol–water partition coefficient (Wildman–Crippen LogP) is 4.78. The fourth-order valence-corrected chi connectivity index (χ4v) is 3.55. The first-order chi connectivity index (χ1) is 11.6. The number of benzene rings is 2. The van der Waals surface area contributed by atoms with Crippen LogP contribution in [0.25, 0.3) is 6.08 Å². The molecule has 24 heavy (non-hydrogen) atoms. The van der Waals surface area contributed by atoms with Crippen LogP contribution >= 0.6 is 27.7 Å². The standard InChI is InChI=1S/C18H15BrN2O2S/c1-2-21-17(23)16(11-12-3-5-13(19)6-4-12)24-18(21)20-14-7-9-15(22)10-8-14/h3-11,22H,2H2,1H3/b16-11-,20-18?. The number of thioether (sulfide) groups is 1. The van der Waals surface area contributed by atoms with Crippen molar-refractivity contribution in [2.75, 3.05) is 6.54 Å². The van der Waals surface area contributed by atoms with Gasteiger partial charge < -0.3 is 5.11 Å². The summed E-state index contributed by atoms with van der Waals surface area (Å²) in [5.41, 5.74) is 1.67. The molecule has 1 fully saturated rings. The maximum Gasteiger partial charge on any atom is 0.266 e. The van der Waals surface area contributed by atoms with Gasteiger partial charge in [0.1, 0.15) is 5.75 Å². The Kier molecular flexibility index (Phi) is 5.06. The van der Waals surface area contributed by atoms with Crippen LogP contribution in [-0.2, 0) is 4.79 Å². The summed E-state index contributed by atoms with van der Waals surface area (Å²) in [6.07, 6.45) is 1.88. The van der Waals surface area contributed by atoms with E-state index in [9.17, 15) is 9.90 Å². The van der Waals surface area contributed by atoms with Crippen LogP contribution in [0.4, 0.5) is 5.69 Å². The van der Waals surface area contributed by atoms with E-state index < -0.39 is 0 Å². The number of hydrogen-bond donors (Lipinski definition) is 1. The SMILES string of the molecule is CCN1C(=O)/C(=C/c2ccc(Br)cc2)SC1=Nc1ccc(O)cc1. The molecular weight excluding hydrogens is 388 g/mol. The number of halogens is 1. The third kappa shape index (κ3) is 3.71. The van der Waals surface area contributed by atoms with Crippen molar-refractivity contribution in [2.45, 2.75) is 6.92 Å². The van der Waals surface area contributed by atoms with E-state index in [0.29, 0.717) is 22.3 Å². The van der Waals surface area contributed by atoms with E-state index in [-0.39, 0.29) is 11.7 Å². The molecule has 0 unspecified atom stereocenters. The van der Waals surface area contributed by atoms with Crippen LogP contribution in [0.15, 0.2) is 62.9 Å². The molecule has 1 aliphatic heterocycles. The fraction of sp³-hybridized carbons (Fsp3) is 0.111. The van der Waals surface area contributed by atoms with Crippen molar-refractivity contribution in [1.29, 1.82) is 0 Å². The molecule has 0 atom stereocenters. The van der Waals surface area contributed by atoms with Crippen LogP contribution in [0, 0.1) is 0 Å². The zero-order valence-corrected chi connectivity index (χ0v) is 15.3. The van der Waals surface area contributed by atoms with E-state index in [1.807, 2.05) is 37.3 Å². The first-order valence-corrected chi connectivity index (χ1v) is 9.02. The molecule has 2 aromatic rings. The maximum atomic E-state index is 12.6. The highest BCUT2D eigenvalue weighted by molar-refractivity contribution is 9.10. The molecule has 0 bridgehead atoms. The van der Waals surface area contributed by atoms with Gasteiger partial charge in [0.15, 0.2) is 5.17 Å². The number of amides is 1. The van der Waals surface area contributed by atoms with Crippen LogP contribution in [0.3, 0.4) is 0 Å². The van der Waals surface area contributed by atoms with E-state index in [1.165, 1.54) is 11.8 Å². The van der Waals surface area contributed by atoms with Crippen molar-refractivity contribution < 1.29 is 9.90 Å². The number of carbonyl (C=O) groups excluding carboxylic acids is 1. The minimum absolute atomic E-state index is 0.0389. The number of likely N-dealkylation sites (N-methyl/N-ethyl adjacent to an activating group) is 1. The minimum atomic E-state index is -0.0389. The lowest BCUT2D eigenvalue weighted by Crippen LogP contribution is -2.28. The first-order valence-electron chi connectivity index (χ1n) is 7.41. The molecule has 1 aliphatic rings. The van der Waals surface area contributed by atoms with Crippen LogP contribution in [0.1, 0.15) is 12.5 Å². The summed E-state index contributed by atoms with van der Waals surface area (Å²) in [6, 6.07) is 14.4. The number of carbonyl (C=O) groups is 1. The lowest BCUT2D eigenvalue weighted by molar-refractivity contribution is -0.122. The number of phenols is 1. The molecule has 1 heterocycles. The molecule has 4 nitrogen and oxygen atoms in total. The molecule has 1 amide bonds. The zero-order chi connectivity index (χ0) is 17.1.